The highest BCUT2D eigenvalue weighted by molar-refractivity contribution is 5.85. The van der Waals surface area contributed by atoms with Gasteiger partial charge in [-0.3, -0.25) is 4.79 Å². The number of carbonyl (C=O) groups excluding carboxylic acids is 1. The summed E-state index contributed by atoms with van der Waals surface area (Å²) in [6.45, 7) is 9.17. The van der Waals surface area contributed by atoms with Crippen LogP contribution in [0, 0.1) is 5.92 Å². The standard InChI is InChI=1S/C13H28N2O/c1-10(2)13(16)12(15-11(3)4)8-6-7-9-14-5/h10-12,14-15H,6-9H2,1-5H3/t12-/m0/s1. The molecular formula is C13H28N2O. The van der Waals surface area contributed by atoms with Crippen molar-refractivity contribution in [1.29, 1.82) is 0 Å². The highest BCUT2D eigenvalue weighted by atomic mass is 16.1. The molecule has 3 heteroatoms. The van der Waals surface area contributed by atoms with E-state index in [2.05, 4.69) is 24.5 Å². The van der Waals surface area contributed by atoms with Crippen LogP contribution in [-0.2, 0) is 4.79 Å². The first-order chi connectivity index (χ1) is 7.49. The molecule has 0 radical (unpaired) electrons. The monoisotopic (exact) mass is 228 g/mol. The molecule has 0 bridgehead atoms. The number of nitrogens with one attached hydrogen (secondary N) is 2. The molecule has 0 unspecified atom stereocenters. The van der Waals surface area contributed by atoms with Crippen LogP contribution in [0.2, 0.25) is 0 Å². The maximum Gasteiger partial charge on any atom is 0.152 e. The molecule has 0 spiro atoms. The molecule has 1 atom stereocenters. The predicted octanol–water partition coefficient (Wildman–Crippen LogP) is 1.97. The molecule has 0 aromatic heterocycles. The number of Topliss-reactive ketones (excluding diaryl/α,β-unsaturated/α-hetero) is 1. The van der Waals surface area contributed by atoms with E-state index in [0.29, 0.717) is 11.8 Å². The maximum absolute atomic E-state index is 12.0. The Hall–Kier alpha value is -0.410. The fourth-order valence-corrected chi connectivity index (χ4v) is 1.76. The van der Waals surface area contributed by atoms with Crippen molar-refractivity contribution in [3.63, 3.8) is 0 Å². The third kappa shape index (κ3) is 6.96. The van der Waals surface area contributed by atoms with Gasteiger partial charge in [0.25, 0.3) is 0 Å². The minimum absolute atomic E-state index is 0.0388. The van der Waals surface area contributed by atoms with Crippen molar-refractivity contribution >= 4 is 5.78 Å². The fraction of sp³-hybridized carbons (Fsp3) is 0.923. The number of rotatable bonds is 9. The van der Waals surface area contributed by atoms with E-state index in [9.17, 15) is 4.79 Å². The third-order valence-corrected chi connectivity index (χ3v) is 2.62. The highest BCUT2D eigenvalue weighted by Crippen LogP contribution is 2.08. The summed E-state index contributed by atoms with van der Waals surface area (Å²) in [4.78, 5) is 12.0. The molecule has 0 fully saturated rings. The first kappa shape index (κ1) is 15.6. The van der Waals surface area contributed by atoms with Gasteiger partial charge in [0.15, 0.2) is 5.78 Å². The van der Waals surface area contributed by atoms with Crippen molar-refractivity contribution in [3.05, 3.63) is 0 Å². The van der Waals surface area contributed by atoms with Crippen LogP contribution in [0.3, 0.4) is 0 Å². The van der Waals surface area contributed by atoms with Gasteiger partial charge < -0.3 is 10.6 Å². The van der Waals surface area contributed by atoms with E-state index in [1.807, 2.05) is 20.9 Å². The van der Waals surface area contributed by atoms with Crippen LogP contribution in [0.5, 0.6) is 0 Å². The largest absolute Gasteiger partial charge is 0.320 e. The molecule has 0 heterocycles. The molecule has 0 saturated carbocycles. The smallest absolute Gasteiger partial charge is 0.152 e. The molecule has 0 amide bonds. The molecule has 3 nitrogen and oxygen atoms in total. The van der Waals surface area contributed by atoms with Gasteiger partial charge in [0.05, 0.1) is 6.04 Å². The Morgan fingerprint density at radius 1 is 1.12 bits per heavy atom. The van der Waals surface area contributed by atoms with Crippen LogP contribution in [0.25, 0.3) is 0 Å². The first-order valence-corrected chi connectivity index (χ1v) is 6.43. The SMILES string of the molecule is CNCCCC[C@H](NC(C)C)C(=O)C(C)C. The van der Waals surface area contributed by atoms with Crippen LogP contribution in [0.4, 0.5) is 0 Å². The van der Waals surface area contributed by atoms with Crippen molar-refractivity contribution in [2.24, 2.45) is 5.92 Å². The summed E-state index contributed by atoms with van der Waals surface area (Å²) >= 11 is 0. The van der Waals surface area contributed by atoms with Crippen molar-refractivity contribution < 1.29 is 4.79 Å². The highest BCUT2D eigenvalue weighted by Gasteiger charge is 2.20. The summed E-state index contributed by atoms with van der Waals surface area (Å²) < 4.78 is 0. The average molecular weight is 228 g/mol. The van der Waals surface area contributed by atoms with Gasteiger partial charge in [-0.25, -0.2) is 0 Å². The molecule has 0 aliphatic carbocycles. The van der Waals surface area contributed by atoms with Crippen molar-refractivity contribution in [1.82, 2.24) is 10.6 Å². The summed E-state index contributed by atoms with van der Waals surface area (Å²) in [5, 5.41) is 6.50. The van der Waals surface area contributed by atoms with Gasteiger partial charge in [0.2, 0.25) is 0 Å². The molecule has 0 aliphatic heterocycles. The molecule has 16 heavy (non-hydrogen) atoms. The number of hydrogen-bond acceptors (Lipinski definition) is 3. The van der Waals surface area contributed by atoms with Crippen molar-refractivity contribution in [2.45, 2.75) is 59.0 Å². The van der Waals surface area contributed by atoms with Crippen LogP contribution in [0.1, 0.15) is 47.0 Å². The third-order valence-electron chi connectivity index (χ3n) is 2.62. The second-order valence-corrected chi connectivity index (χ2v) is 5.03. The summed E-state index contributed by atoms with van der Waals surface area (Å²) in [5.41, 5.74) is 0. The summed E-state index contributed by atoms with van der Waals surface area (Å²) in [6, 6.07) is 0.411. The van der Waals surface area contributed by atoms with Crippen LogP contribution in [-0.4, -0.2) is 31.5 Å². The Kier molecular flexibility index (Phi) is 8.49. The quantitative estimate of drug-likeness (QED) is 0.593. The topological polar surface area (TPSA) is 41.1 Å². The van der Waals surface area contributed by atoms with E-state index in [-0.39, 0.29) is 12.0 Å². The Balaban J connectivity index is 4.05. The van der Waals surface area contributed by atoms with Gasteiger partial charge in [0.1, 0.15) is 0 Å². The lowest BCUT2D eigenvalue weighted by Crippen LogP contribution is -2.42. The van der Waals surface area contributed by atoms with Gasteiger partial charge in [-0.1, -0.05) is 34.1 Å². The Bertz CT molecular complexity index is 190. The lowest BCUT2D eigenvalue weighted by Gasteiger charge is -2.21. The summed E-state index contributed by atoms with van der Waals surface area (Å²) in [5.74, 6) is 0.471. The first-order valence-electron chi connectivity index (χ1n) is 6.43. The van der Waals surface area contributed by atoms with E-state index in [4.69, 9.17) is 0 Å². The van der Waals surface area contributed by atoms with E-state index in [0.717, 1.165) is 25.8 Å². The Labute approximate surface area is 100 Å². The lowest BCUT2D eigenvalue weighted by molar-refractivity contribution is -0.124. The molecule has 2 N–H and O–H groups in total. The minimum Gasteiger partial charge on any atom is -0.320 e. The minimum atomic E-state index is 0.0388. The average Bonchev–Trinajstić information content (AvgIpc) is 2.20. The van der Waals surface area contributed by atoms with E-state index < -0.39 is 0 Å². The van der Waals surface area contributed by atoms with Crippen LogP contribution < -0.4 is 10.6 Å². The van der Waals surface area contributed by atoms with E-state index in [1.54, 1.807) is 0 Å². The van der Waals surface area contributed by atoms with Crippen molar-refractivity contribution in [3.8, 4) is 0 Å². The zero-order chi connectivity index (χ0) is 12.6. The number of ketones is 1. The number of hydrogen-bond donors (Lipinski definition) is 2. The molecule has 0 aliphatic rings. The van der Waals surface area contributed by atoms with Crippen LogP contribution >= 0.6 is 0 Å². The van der Waals surface area contributed by atoms with Gasteiger partial charge in [0, 0.05) is 12.0 Å². The Morgan fingerprint density at radius 3 is 2.19 bits per heavy atom. The molecule has 0 saturated heterocycles. The molecule has 96 valence electrons. The van der Waals surface area contributed by atoms with E-state index >= 15 is 0 Å². The molecular weight excluding hydrogens is 200 g/mol. The zero-order valence-corrected chi connectivity index (χ0v) is 11.5. The maximum atomic E-state index is 12.0. The fourth-order valence-electron chi connectivity index (χ4n) is 1.76. The predicted molar refractivity (Wildman–Crippen MR) is 69.7 cm³/mol. The van der Waals surface area contributed by atoms with Gasteiger partial charge >= 0.3 is 0 Å². The van der Waals surface area contributed by atoms with Gasteiger partial charge in [-0.05, 0) is 26.4 Å². The van der Waals surface area contributed by atoms with Gasteiger partial charge in [-0.15, -0.1) is 0 Å². The van der Waals surface area contributed by atoms with Crippen LogP contribution in [0.15, 0.2) is 0 Å². The van der Waals surface area contributed by atoms with E-state index in [1.165, 1.54) is 0 Å². The van der Waals surface area contributed by atoms with Gasteiger partial charge in [-0.2, -0.15) is 0 Å². The molecule has 0 rings (SSSR count). The summed E-state index contributed by atoms with van der Waals surface area (Å²) in [7, 11) is 1.96. The molecule has 0 aromatic carbocycles. The summed E-state index contributed by atoms with van der Waals surface area (Å²) in [6.07, 6.45) is 3.19. The Morgan fingerprint density at radius 2 is 1.75 bits per heavy atom. The molecule has 0 aromatic rings. The lowest BCUT2D eigenvalue weighted by atomic mass is 9.96. The van der Waals surface area contributed by atoms with Crippen molar-refractivity contribution in [2.75, 3.05) is 13.6 Å². The second-order valence-electron chi connectivity index (χ2n) is 5.03. The number of carbonyl (C=O) groups is 1. The zero-order valence-electron chi connectivity index (χ0n) is 11.5. The second kappa shape index (κ2) is 8.71. The number of unbranched alkanes of at least 4 members (excludes halogenated alkanes) is 1. The normalized spacial score (nSPS) is 13.4.